The van der Waals surface area contributed by atoms with E-state index in [1.165, 1.54) is 6.07 Å². The van der Waals surface area contributed by atoms with Crippen LogP contribution in [0.15, 0.2) is 37.9 Å². The van der Waals surface area contributed by atoms with Crippen molar-refractivity contribution in [1.29, 1.82) is 0 Å². The first kappa shape index (κ1) is 17.9. The number of nitro groups is 1. The zero-order valence-corrected chi connectivity index (χ0v) is 13.1. The van der Waals surface area contributed by atoms with Gasteiger partial charge in [0.1, 0.15) is 0 Å². The lowest BCUT2D eigenvalue weighted by Crippen LogP contribution is -2.26. The van der Waals surface area contributed by atoms with Crippen LogP contribution in [0, 0.1) is 10.1 Å². The lowest BCUT2D eigenvalue weighted by molar-refractivity contribution is -0.385. The molecule has 2 aromatic rings. The van der Waals surface area contributed by atoms with Crippen LogP contribution in [0.3, 0.4) is 0 Å². The highest BCUT2D eigenvalue weighted by atomic mass is 32.2. The predicted octanol–water partition coefficient (Wildman–Crippen LogP) is -0.686. The maximum atomic E-state index is 11.6. The number of nitrogens with one attached hydrogen (secondary N) is 3. The third kappa shape index (κ3) is 5.00. The Labute approximate surface area is 142 Å². The van der Waals surface area contributed by atoms with Gasteiger partial charge in [-0.15, -0.1) is 0 Å². The van der Waals surface area contributed by atoms with E-state index in [0.717, 1.165) is 30.1 Å². The molecule has 0 unspecified atom stereocenters. The topological polar surface area (TPSA) is 183 Å². The van der Waals surface area contributed by atoms with Crippen molar-refractivity contribution in [1.82, 2.24) is 20.6 Å². The summed E-state index contributed by atoms with van der Waals surface area (Å²) >= 11 is 0.785. The number of carbonyl (C=O) groups is 1. The number of rotatable bonds is 6. The number of phenols is 1. The second-order valence-corrected chi connectivity index (χ2v) is 5.36. The molecule has 2 rings (SSSR count). The number of hydrazone groups is 1. The summed E-state index contributed by atoms with van der Waals surface area (Å²) in [6.45, 7) is 0. The Morgan fingerprint density at radius 3 is 2.92 bits per heavy atom. The van der Waals surface area contributed by atoms with E-state index in [-0.39, 0.29) is 16.3 Å². The third-order valence-electron chi connectivity index (χ3n) is 2.62. The molecule has 12 nitrogen and oxygen atoms in total. The average molecular weight is 366 g/mol. The van der Waals surface area contributed by atoms with Crippen molar-refractivity contribution in [3.05, 3.63) is 54.7 Å². The molecule has 13 heteroatoms. The third-order valence-corrected chi connectivity index (χ3v) is 3.58. The number of benzene rings is 1. The lowest BCUT2D eigenvalue weighted by atomic mass is 10.2. The Balaban J connectivity index is 1.92. The number of amides is 1. The molecule has 25 heavy (non-hydrogen) atoms. The van der Waals surface area contributed by atoms with Gasteiger partial charge in [0.05, 0.1) is 16.9 Å². The first-order chi connectivity index (χ1) is 11.9. The molecule has 0 aliphatic heterocycles. The van der Waals surface area contributed by atoms with Gasteiger partial charge in [0.25, 0.3) is 5.56 Å². The fourth-order valence-electron chi connectivity index (χ4n) is 1.55. The monoisotopic (exact) mass is 366 g/mol. The molecule has 4 N–H and O–H groups in total. The molecular weight excluding hydrogens is 356 g/mol. The van der Waals surface area contributed by atoms with Crippen LogP contribution >= 0.6 is 11.8 Å². The Morgan fingerprint density at radius 1 is 1.48 bits per heavy atom. The van der Waals surface area contributed by atoms with Crippen molar-refractivity contribution >= 4 is 29.6 Å². The van der Waals surface area contributed by atoms with Crippen molar-refractivity contribution < 1.29 is 14.8 Å². The number of nitrogens with zero attached hydrogens (tertiary/aromatic N) is 3. The minimum Gasteiger partial charge on any atom is -0.502 e. The molecule has 1 heterocycles. The molecule has 0 atom stereocenters. The van der Waals surface area contributed by atoms with Crippen LogP contribution in [0.1, 0.15) is 5.56 Å². The molecule has 0 fully saturated rings. The molecule has 0 radical (unpaired) electrons. The Morgan fingerprint density at radius 2 is 2.24 bits per heavy atom. The second-order valence-electron chi connectivity index (χ2n) is 4.40. The number of hydrogen-bond donors (Lipinski definition) is 4. The van der Waals surface area contributed by atoms with Crippen LogP contribution in [-0.4, -0.2) is 43.1 Å². The number of thioether (sulfide) groups is 1. The van der Waals surface area contributed by atoms with Crippen molar-refractivity contribution in [2.75, 3.05) is 5.75 Å². The smallest absolute Gasteiger partial charge is 0.342 e. The number of aromatic hydroxyl groups is 1. The summed E-state index contributed by atoms with van der Waals surface area (Å²) in [6, 6.07) is 3.59. The van der Waals surface area contributed by atoms with Crippen molar-refractivity contribution in [3.8, 4) is 5.75 Å². The van der Waals surface area contributed by atoms with Crippen molar-refractivity contribution in [2.45, 2.75) is 5.03 Å². The fraction of sp³-hybridized carbons (Fsp3) is 0.0833. The zero-order chi connectivity index (χ0) is 18.4. The van der Waals surface area contributed by atoms with Gasteiger partial charge in [-0.3, -0.25) is 24.7 Å². The molecule has 0 aliphatic carbocycles. The minimum absolute atomic E-state index is 0.0899. The zero-order valence-electron chi connectivity index (χ0n) is 12.3. The molecule has 1 aromatic carbocycles. The van der Waals surface area contributed by atoms with Crippen LogP contribution in [0.2, 0.25) is 0 Å². The number of H-pyrrole nitrogens is 2. The number of phenolic OH excluding ortho intramolecular Hbond substituents is 1. The van der Waals surface area contributed by atoms with Crippen LogP contribution in [0.4, 0.5) is 5.69 Å². The Bertz CT molecular complexity index is 952. The van der Waals surface area contributed by atoms with Gasteiger partial charge in [-0.1, -0.05) is 11.8 Å². The highest BCUT2D eigenvalue weighted by Gasteiger charge is 2.12. The van der Waals surface area contributed by atoms with E-state index in [0.29, 0.717) is 0 Å². The first-order valence-corrected chi connectivity index (χ1v) is 7.46. The summed E-state index contributed by atoms with van der Waals surface area (Å²) in [5.41, 5.74) is 0.479. The van der Waals surface area contributed by atoms with Gasteiger partial charge in [-0.05, 0) is 12.1 Å². The molecule has 0 aliphatic rings. The van der Waals surface area contributed by atoms with E-state index in [2.05, 4.69) is 15.6 Å². The maximum Gasteiger partial charge on any atom is 0.342 e. The molecule has 0 saturated carbocycles. The fourth-order valence-corrected chi connectivity index (χ4v) is 2.17. The van der Waals surface area contributed by atoms with Crippen LogP contribution in [0.25, 0.3) is 0 Å². The number of aromatic amines is 2. The summed E-state index contributed by atoms with van der Waals surface area (Å²) in [4.78, 5) is 45.7. The van der Waals surface area contributed by atoms with Crippen molar-refractivity contribution in [2.24, 2.45) is 5.10 Å². The van der Waals surface area contributed by atoms with Crippen LogP contribution in [-0.2, 0) is 4.79 Å². The van der Waals surface area contributed by atoms with Gasteiger partial charge < -0.3 is 5.11 Å². The maximum absolute atomic E-state index is 11.6. The quantitative estimate of drug-likeness (QED) is 0.224. The molecular formula is C12H10N6O6S. The second kappa shape index (κ2) is 7.87. The van der Waals surface area contributed by atoms with Gasteiger partial charge in [0.15, 0.2) is 10.8 Å². The van der Waals surface area contributed by atoms with Gasteiger partial charge in [0.2, 0.25) is 5.91 Å². The van der Waals surface area contributed by atoms with Gasteiger partial charge in [-0.2, -0.15) is 10.2 Å². The van der Waals surface area contributed by atoms with Gasteiger partial charge in [0, 0.05) is 11.6 Å². The van der Waals surface area contributed by atoms with E-state index >= 15 is 0 Å². The SMILES string of the molecule is O=C(CSc1n[nH]c(=O)[nH]c1=O)N/N=C/c1ccc(O)c([N+](=O)[O-])c1. The Hall–Kier alpha value is -3.48. The first-order valence-electron chi connectivity index (χ1n) is 6.48. The van der Waals surface area contributed by atoms with Crippen molar-refractivity contribution in [3.63, 3.8) is 0 Å². The number of nitro benzene ring substituents is 1. The summed E-state index contributed by atoms with van der Waals surface area (Å²) < 4.78 is 0. The highest BCUT2D eigenvalue weighted by molar-refractivity contribution is 7.99. The summed E-state index contributed by atoms with van der Waals surface area (Å²) in [5.74, 6) is -1.25. The van der Waals surface area contributed by atoms with Crippen LogP contribution in [0.5, 0.6) is 5.75 Å². The average Bonchev–Trinajstić information content (AvgIpc) is 2.55. The van der Waals surface area contributed by atoms with E-state index in [1.807, 2.05) is 10.1 Å². The van der Waals surface area contributed by atoms with E-state index < -0.39 is 33.5 Å². The molecule has 0 bridgehead atoms. The summed E-state index contributed by atoms with van der Waals surface area (Å²) in [5, 5.41) is 29.1. The Kier molecular flexibility index (Phi) is 5.62. The van der Waals surface area contributed by atoms with E-state index in [1.54, 1.807) is 0 Å². The molecule has 1 amide bonds. The highest BCUT2D eigenvalue weighted by Crippen LogP contribution is 2.25. The van der Waals surface area contributed by atoms with Gasteiger partial charge >= 0.3 is 11.4 Å². The molecule has 0 saturated heterocycles. The van der Waals surface area contributed by atoms with E-state index in [4.69, 9.17) is 0 Å². The molecule has 130 valence electrons. The predicted molar refractivity (Wildman–Crippen MR) is 86.7 cm³/mol. The normalized spacial score (nSPS) is 10.7. The summed E-state index contributed by atoms with van der Waals surface area (Å²) in [7, 11) is 0. The minimum atomic E-state index is -0.758. The largest absolute Gasteiger partial charge is 0.502 e. The molecule has 0 spiro atoms. The number of carbonyl (C=O) groups excluding carboxylic acids is 1. The standard InChI is InChI=1S/C12H10N6O6S/c19-8-2-1-6(3-7(8)18(23)24)4-13-15-9(20)5-25-11-10(21)14-12(22)17-16-11/h1-4,19H,5H2,(H,15,20)(H2,14,17,21,22)/b13-4+. The van der Waals surface area contributed by atoms with E-state index in [9.17, 15) is 29.6 Å². The summed E-state index contributed by atoms with van der Waals surface area (Å²) in [6.07, 6.45) is 1.15. The van der Waals surface area contributed by atoms with Crippen LogP contribution < -0.4 is 16.7 Å². The number of aromatic nitrogens is 3. The van der Waals surface area contributed by atoms with Gasteiger partial charge in [-0.25, -0.2) is 15.3 Å². The number of hydrogen-bond acceptors (Lipinski definition) is 9. The molecule has 1 aromatic heterocycles. The lowest BCUT2D eigenvalue weighted by Gasteiger charge is -1.99.